The van der Waals surface area contributed by atoms with Gasteiger partial charge in [0, 0.05) is 25.4 Å². The summed E-state index contributed by atoms with van der Waals surface area (Å²) in [6.45, 7) is 5.36. The smallest absolute Gasteiger partial charge is 0.183 e. The van der Waals surface area contributed by atoms with E-state index < -0.39 is 0 Å². The fourth-order valence-electron chi connectivity index (χ4n) is 2.36. The van der Waals surface area contributed by atoms with Crippen molar-refractivity contribution in [3.63, 3.8) is 0 Å². The number of aryl methyl sites for hydroxylation is 2. The fraction of sp³-hybridized carbons (Fsp3) is 0.294. The van der Waals surface area contributed by atoms with Gasteiger partial charge in [-0.15, -0.1) is 0 Å². The number of hydrogen-bond acceptors (Lipinski definition) is 5. The Hall–Kier alpha value is -2.34. The molecule has 1 aromatic carbocycles. The van der Waals surface area contributed by atoms with E-state index >= 15 is 0 Å². The highest BCUT2D eigenvalue weighted by atomic mass is 32.1. The quantitative estimate of drug-likeness (QED) is 0.746. The molecule has 0 bridgehead atoms. The van der Waals surface area contributed by atoms with E-state index in [0.29, 0.717) is 13.2 Å². The molecule has 0 radical (unpaired) electrons. The Bertz CT molecular complexity index is 793. The number of benzene rings is 1. The summed E-state index contributed by atoms with van der Waals surface area (Å²) >= 11 is 1.63. The maximum Gasteiger partial charge on any atom is 0.183 e. The van der Waals surface area contributed by atoms with E-state index in [9.17, 15) is 0 Å². The van der Waals surface area contributed by atoms with Crippen LogP contribution in [0.5, 0.6) is 5.75 Å². The molecule has 5 nitrogen and oxygen atoms in total. The van der Waals surface area contributed by atoms with Crippen molar-refractivity contribution in [2.45, 2.75) is 20.4 Å². The highest BCUT2D eigenvalue weighted by Gasteiger charge is 2.12. The van der Waals surface area contributed by atoms with E-state index in [0.717, 1.165) is 32.7 Å². The third-order valence-corrected chi connectivity index (χ3v) is 4.58. The van der Waals surface area contributed by atoms with E-state index in [1.807, 2.05) is 51.4 Å². The first-order chi connectivity index (χ1) is 11.2. The van der Waals surface area contributed by atoms with Gasteiger partial charge in [-0.2, -0.15) is 5.10 Å². The fourth-order valence-corrected chi connectivity index (χ4v) is 3.29. The van der Waals surface area contributed by atoms with Crippen molar-refractivity contribution < 1.29 is 4.74 Å². The molecule has 6 heteroatoms. The van der Waals surface area contributed by atoms with Crippen molar-refractivity contribution in [2.75, 3.05) is 11.9 Å². The van der Waals surface area contributed by atoms with E-state index in [2.05, 4.69) is 21.5 Å². The van der Waals surface area contributed by atoms with Crippen molar-refractivity contribution in [2.24, 2.45) is 7.05 Å². The van der Waals surface area contributed by atoms with E-state index in [4.69, 9.17) is 4.74 Å². The van der Waals surface area contributed by atoms with Crippen LogP contribution in [0.25, 0.3) is 10.6 Å². The van der Waals surface area contributed by atoms with Crippen LogP contribution in [-0.2, 0) is 13.6 Å². The van der Waals surface area contributed by atoms with E-state index in [1.54, 1.807) is 16.0 Å². The molecule has 2 heterocycles. The molecular weight excluding hydrogens is 308 g/mol. The van der Waals surface area contributed by atoms with Gasteiger partial charge < -0.3 is 10.1 Å². The van der Waals surface area contributed by atoms with Gasteiger partial charge in [0.25, 0.3) is 0 Å². The summed E-state index contributed by atoms with van der Waals surface area (Å²) in [5.41, 5.74) is 3.08. The second-order valence-electron chi connectivity index (χ2n) is 5.20. The van der Waals surface area contributed by atoms with E-state index in [1.165, 1.54) is 0 Å². The zero-order chi connectivity index (χ0) is 16.2. The number of nitrogens with zero attached hydrogens (tertiary/aromatic N) is 3. The molecule has 2 aromatic heterocycles. The van der Waals surface area contributed by atoms with Gasteiger partial charge in [-0.3, -0.25) is 4.68 Å². The van der Waals surface area contributed by atoms with Gasteiger partial charge in [-0.25, -0.2) is 4.98 Å². The van der Waals surface area contributed by atoms with Crippen molar-refractivity contribution in [1.29, 1.82) is 0 Å². The Morgan fingerprint density at radius 2 is 2.09 bits per heavy atom. The Labute approximate surface area is 140 Å². The Morgan fingerprint density at radius 1 is 1.26 bits per heavy atom. The SMILES string of the molecule is CCOc1ccccc1CNc1nc(C)c(-c2ccn(C)n2)s1. The summed E-state index contributed by atoms with van der Waals surface area (Å²) < 4.78 is 7.46. The largest absolute Gasteiger partial charge is 0.494 e. The molecule has 0 spiro atoms. The normalized spacial score (nSPS) is 10.7. The third-order valence-electron chi connectivity index (χ3n) is 3.45. The van der Waals surface area contributed by atoms with Crippen LogP contribution in [0.15, 0.2) is 36.5 Å². The molecule has 23 heavy (non-hydrogen) atoms. The van der Waals surface area contributed by atoms with Crippen LogP contribution >= 0.6 is 11.3 Å². The first-order valence-electron chi connectivity index (χ1n) is 7.59. The summed E-state index contributed by atoms with van der Waals surface area (Å²) in [7, 11) is 1.92. The molecule has 0 atom stereocenters. The van der Waals surface area contributed by atoms with Gasteiger partial charge in [0.1, 0.15) is 11.4 Å². The molecule has 0 saturated carbocycles. The van der Waals surface area contributed by atoms with Crippen molar-refractivity contribution in [1.82, 2.24) is 14.8 Å². The Morgan fingerprint density at radius 3 is 2.83 bits per heavy atom. The van der Waals surface area contributed by atoms with Crippen LogP contribution in [0, 0.1) is 6.92 Å². The van der Waals surface area contributed by atoms with Gasteiger partial charge in [0.15, 0.2) is 5.13 Å². The molecule has 120 valence electrons. The molecule has 0 unspecified atom stereocenters. The standard InChI is InChI=1S/C17H20N4OS/c1-4-22-15-8-6-5-7-13(15)11-18-17-19-12(2)16(23-17)14-9-10-21(3)20-14/h5-10H,4,11H2,1-3H3,(H,18,19). The third kappa shape index (κ3) is 3.53. The van der Waals surface area contributed by atoms with Crippen molar-refractivity contribution in [3.8, 4) is 16.3 Å². The first kappa shape index (κ1) is 15.6. The first-order valence-corrected chi connectivity index (χ1v) is 8.41. The molecule has 3 aromatic rings. The van der Waals surface area contributed by atoms with Gasteiger partial charge >= 0.3 is 0 Å². The van der Waals surface area contributed by atoms with Crippen molar-refractivity contribution >= 4 is 16.5 Å². The number of rotatable bonds is 6. The second-order valence-corrected chi connectivity index (χ2v) is 6.20. The van der Waals surface area contributed by atoms with Crippen LogP contribution in [-0.4, -0.2) is 21.4 Å². The summed E-state index contributed by atoms with van der Waals surface area (Å²) in [5.74, 6) is 0.917. The highest BCUT2D eigenvalue weighted by molar-refractivity contribution is 7.19. The molecule has 0 saturated heterocycles. The second kappa shape index (κ2) is 6.83. The van der Waals surface area contributed by atoms with Crippen LogP contribution in [0.2, 0.25) is 0 Å². The number of anilines is 1. The lowest BCUT2D eigenvalue weighted by Gasteiger charge is -2.10. The summed E-state index contributed by atoms with van der Waals surface area (Å²) in [6, 6.07) is 10.1. The molecule has 0 aliphatic heterocycles. The lowest BCUT2D eigenvalue weighted by molar-refractivity contribution is 0.337. The van der Waals surface area contributed by atoms with Crippen molar-refractivity contribution in [3.05, 3.63) is 47.8 Å². The molecule has 1 N–H and O–H groups in total. The maximum absolute atomic E-state index is 5.66. The summed E-state index contributed by atoms with van der Waals surface area (Å²) in [6.07, 6.45) is 1.94. The Balaban J connectivity index is 1.75. The van der Waals surface area contributed by atoms with Crippen LogP contribution in [0.1, 0.15) is 18.2 Å². The van der Waals surface area contributed by atoms with Crippen LogP contribution in [0.4, 0.5) is 5.13 Å². The summed E-state index contributed by atoms with van der Waals surface area (Å²) in [4.78, 5) is 5.71. The monoisotopic (exact) mass is 328 g/mol. The molecule has 0 fully saturated rings. The lowest BCUT2D eigenvalue weighted by atomic mass is 10.2. The zero-order valence-electron chi connectivity index (χ0n) is 13.5. The minimum Gasteiger partial charge on any atom is -0.494 e. The average molecular weight is 328 g/mol. The van der Waals surface area contributed by atoms with Gasteiger partial charge in [-0.05, 0) is 26.0 Å². The molecular formula is C17H20N4OS. The molecule has 0 aliphatic carbocycles. The van der Waals surface area contributed by atoms with E-state index in [-0.39, 0.29) is 0 Å². The van der Waals surface area contributed by atoms with Gasteiger partial charge in [0.2, 0.25) is 0 Å². The lowest BCUT2D eigenvalue weighted by Crippen LogP contribution is -2.02. The zero-order valence-corrected chi connectivity index (χ0v) is 14.4. The summed E-state index contributed by atoms with van der Waals surface area (Å²) in [5, 5.41) is 8.74. The van der Waals surface area contributed by atoms with Gasteiger partial charge in [0.05, 0.1) is 17.2 Å². The maximum atomic E-state index is 5.66. The predicted octanol–water partition coefficient (Wildman–Crippen LogP) is 3.86. The average Bonchev–Trinajstić information content (AvgIpc) is 3.12. The number of thiazole rings is 1. The van der Waals surface area contributed by atoms with Crippen LogP contribution < -0.4 is 10.1 Å². The Kier molecular flexibility index (Phi) is 4.62. The number of ether oxygens (including phenoxy) is 1. The molecule has 0 aliphatic rings. The molecule has 3 rings (SSSR count). The van der Waals surface area contributed by atoms with Crippen LogP contribution in [0.3, 0.4) is 0 Å². The number of aromatic nitrogens is 3. The molecule has 0 amide bonds. The minimum absolute atomic E-state index is 0.664. The number of hydrogen-bond donors (Lipinski definition) is 1. The predicted molar refractivity (Wildman–Crippen MR) is 94.0 cm³/mol. The number of nitrogens with one attached hydrogen (secondary N) is 1. The topological polar surface area (TPSA) is 52.0 Å². The number of para-hydroxylation sites is 1. The highest BCUT2D eigenvalue weighted by Crippen LogP contribution is 2.32. The van der Waals surface area contributed by atoms with Gasteiger partial charge in [-0.1, -0.05) is 29.5 Å². The minimum atomic E-state index is 0.664.